The van der Waals surface area contributed by atoms with Crippen LogP contribution in [0.3, 0.4) is 0 Å². The van der Waals surface area contributed by atoms with Gasteiger partial charge in [0.1, 0.15) is 18.9 Å². The van der Waals surface area contributed by atoms with Crippen molar-refractivity contribution in [3.8, 4) is 5.75 Å². The fourth-order valence-corrected chi connectivity index (χ4v) is 4.25. The van der Waals surface area contributed by atoms with Gasteiger partial charge in [-0.05, 0) is 29.7 Å². The first kappa shape index (κ1) is 24.7. The number of benzene rings is 3. The van der Waals surface area contributed by atoms with Crippen molar-refractivity contribution in [2.75, 3.05) is 30.3 Å². The van der Waals surface area contributed by atoms with Gasteiger partial charge in [-0.3, -0.25) is 9.10 Å². The molecule has 1 amide bonds. The summed E-state index contributed by atoms with van der Waals surface area (Å²) in [6.07, 6.45) is -3.93. The van der Waals surface area contributed by atoms with Gasteiger partial charge in [-0.2, -0.15) is 13.2 Å². The van der Waals surface area contributed by atoms with Crippen molar-refractivity contribution in [1.29, 1.82) is 0 Å². The number of nitrogens with one attached hydrogen (secondary N) is 1. The molecule has 0 aliphatic rings. The zero-order valence-corrected chi connectivity index (χ0v) is 19.0. The molecule has 0 fully saturated rings. The number of fused-ring (bicyclic) bond motifs is 1. The Morgan fingerprint density at radius 3 is 2.48 bits per heavy atom. The van der Waals surface area contributed by atoms with E-state index >= 15 is 0 Å². The lowest BCUT2D eigenvalue weighted by atomic mass is 10.1. The van der Waals surface area contributed by atoms with Crippen LogP contribution in [0.5, 0.6) is 5.75 Å². The molecule has 6 nitrogen and oxygen atoms in total. The molecule has 0 bridgehead atoms. The van der Waals surface area contributed by atoms with Gasteiger partial charge in [-0.25, -0.2) is 8.42 Å². The monoisotopic (exact) mass is 500 g/mol. The van der Waals surface area contributed by atoms with Gasteiger partial charge in [0.15, 0.2) is 0 Å². The minimum absolute atomic E-state index is 0.0516. The number of alkyl halides is 3. The van der Waals surface area contributed by atoms with Gasteiger partial charge in [0, 0.05) is 5.39 Å². The summed E-state index contributed by atoms with van der Waals surface area (Å²) in [4.78, 5) is 12.4. The largest absolute Gasteiger partial charge is 0.491 e. The molecule has 33 heavy (non-hydrogen) atoms. The molecule has 0 spiro atoms. The van der Waals surface area contributed by atoms with E-state index in [4.69, 9.17) is 16.3 Å². The van der Waals surface area contributed by atoms with Crippen LogP contribution in [0.25, 0.3) is 10.8 Å². The number of carbonyl (C=O) groups is 1. The SMILES string of the molecule is CS(=O)(=O)N(CC(=O)NCCOc1cccc2ccccc12)c1cc(C(F)(F)F)ccc1Cl. The molecule has 0 atom stereocenters. The van der Waals surface area contributed by atoms with Gasteiger partial charge in [0.25, 0.3) is 0 Å². The summed E-state index contributed by atoms with van der Waals surface area (Å²) in [5.41, 5.74) is -1.52. The molecular formula is C22H20ClF3N2O4S. The van der Waals surface area contributed by atoms with Crippen LogP contribution in [0.4, 0.5) is 18.9 Å². The summed E-state index contributed by atoms with van der Waals surface area (Å²) in [7, 11) is -4.11. The Labute approximate surface area is 194 Å². The fourth-order valence-electron chi connectivity index (χ4n) is 3.12. The van der Waals surface area contributed by atoms with Crippen LogP contribution in [0.15, 0.2) is 60.7 Å². The summed E-state index contributed by atoms with van der Waals surface area (Å²) in [6.45, 7) is -0.590. The number of rotatable bonds is 8. The predicted molar refractivity (Wildman–Crippen MR) is 121 cm³/mol. The normalized spacial score (nSPS) is 11.9. The molecule has 0 aliphatic heterocycles. The number of anilines is 1. The molecule has 11 heteroatoms. The van der Waals surface area contributed by atoms with Crippen LogP contribution in [0.2, 0.25) is 5.02 Å². The summed E-state index contributed by atoms with van der Waals surface area (Å²) in [5.74, 6) is -0.105. The minimum atomic E-state index is -4.70. The van der Waals surface area contributed by atoms with E-state index in [-0.39, 0.29) is 18.2 Å². The number of hydrogen-bond acceptors (Lipinski definition) is 4. The van der Waals surface area contributed by atoms with Gasteiger partial charge in [-0.1, -0.05) is 48.0 Å². The number of halogens is 4. The molecular weight excluding hydrogens is 481 g/mol. The standard InChI is InChI=1S/C22H20ClF3N2O4S/c1-33(30,31)28(19-13-16(22(24,25)26)9-10-18(19)23)14-21(29)27-11-12-32-20-8-4-6-15-5-2-3-7-17(15)20/h2-10,13H,11-12,14H2,1H3,(H,27,29). The third-order valence-corrected chi connectivity index (χ3v) is 6.11. The van der Waals surface area contributed by atoms with Crippen LogP contribution in [0.1, 0.15) is 5.56 Å². The smallest absolute Gasteiger partial charge is 0.416 e. The van der Waals surface area contributed by atoms with Crippen molar-refractivity contribution in [3.63, 3.8) is 0 Å². The third kappa shape index (κ3) is 6.29. The van der Waals surface area contributed by atoms with Crippen molar-refractivity contribution in [3.05, 3.63) is 71.2 Å². The zero-order chi connectivity index (χ0) is 24.2. The fraction of sp³-hybridized carbons (Fsp3) is 0.227. The highest BCUT2D eigenvalue weighted by molar-refractivity contribution is 7.92. The van der Waals surface area contributed by atoms with Gasteiger partial charge in [0.2, 0.25) is 15.9 Å². The number of carbonyl (C=O) groups excluding carboxylic acids is 1. The first-order valence-corrected chi connectivity index (χ1v) is 11.9. The second-order valence-corrected chi connectivity index (χ2v) is 9.42. The summed E-state index contributed by atoms with van der Waals surface area (Å²) < 4.78 is 69.8. The Morgan fingerprint density at radius 1 is 1.09 bits per heavy atom. The average Bonchev–Trinajstić information content (AvgIpc) is 2.74. The van der Waals surface area contributed by atoms with Crippen molar-refractivity contribution in [2.45, 2.75) is 6.18 Å². The first-order valence-electron chi connectivity index (χ1n) is 9.68. The third-order valence-electron chi connectivity index (χ3n) is 4.66. The topological polar surface area (TPSA) is 75.7 Å². The molecule has 176 valence electrons. The van der Waals surface area contributed by atoms with Crippen LogP contribution < -0.4 is 14.4 Å². The van der Waals surface area contributed by atoms with Crippen molar-refractivity contribution >= 4 is 44.0 Å². The van der Waals surface area contributed by atoms with Crippen molar-refractivity contribution < 1.29 is 31.1 Å². The lowest BCUT2D eigenvalue weighted by Gasteiger charge is -2.24. The van der Waals surface area contributed by atoms with Crippen molar-refractivity contribution in [2.24, 2.45) is 0 Å². The maximum Gasteiger partial charge on any atom is 0.416 e. The van der Waals surface area contributed by atoms with E-state index < -0.39 is 39.9 Å². The summed E-state index contributed by atoms with van der Waals surface area (Å²) in [5, 5.41) is 4.15. The minimum Gasteiger partial charge on any atom is -0.491 e. The predicted octanol–water partition coefficient (Wildman–Crippen LogP) is 4.47. The Balaban J connectivity index is 1.66. The molecule has 0 saturated carbocycles. The highest BCUT2D eigenvalue weighted by Crippen LogP contribution is 2.36. The lowest BCUT2D eigenvalue weighted by Crippen LogP contribution is -2.41. The second-order valence-electron chi connectivity index (χ2n) is 7.11. The number of nitrogens with zero attached hydrogens (tertiary/aromatic N) is 1. The average molecular weight is 501 g/mol. The maximum absolute atomic E-state index is 13.1. The maximum atomic E-state index is 13.1. The molecule has 0 saturated heterocycles. The van der Waals surface area contributed by atoms with Crippen LogP contribution in [0, 0.1) is 0 Å². The molecule has 3 aromatic rings. The lowest BCUT2D eigenvalue weighted by molar-refractivity contribution is -0.137. The number of ether oxygens (including phenoxy) is 1. The Hall–Kier alpha value is -2.98. The summed E-state index contributed by atoms with van der Waals surface area (Å²) in [6, 6.07) is 15.4. The Bertz CT molecular complexity index is 1260. The van der Waals surface area contributed by atoms with Gasteiger partial charge in [-0.15, -0.1) is 0 Å². The molecule has 3 aromatic carbocycles. The Kier molecular flexibility index (Phi) is 7.38. The van der Waals surface area contributed by atoms with E-state index in [1.165, 1.54) is 0 Å². The molecule has 0 heterocycles. The second kappa shape index (κ2) is 9.88. The van der Waals surface area contributed by atoms with Crippen molar-refractivity contribution in [1.82, 2.24) is 5.32 Å². The molecule has 0 unspecified atom stereocenters. The molecule has 0 aliphatic carbocycles. The number of amides is 1. The van der Waals surface area contributed by atoms with E-state index in [9.17, 15) is 26.4 Å². The van der Waals surface area contributed by atoms with Crippen LogP contribution in [-0.2, 0) is 21.0 Å². The van der Waals surface area contributed by atoms with Gasteiger partial charge in [0.05, 0.1) is 29.1 Å². The first-order chi connectivity index (χ1) is 15.5. The Morgan fingerprint density at radius 2 is 1.79 bits per heavy atom. The number of sulfonamides is 1. The van der Waals surface area contributed by atoms with Crippen LogP contribution >= 0.6 is 11.6 Å². The molecule has 1 N–H and O–H groups in total. The highest BCUT2D eigenvalue weighted by Gasteiger charge is 2.33. The number of hydrogen-bond donors (Lipinski definition) is 1. The molecule has 0 aromatic heterocycles. The van der Waals surface area contributed by atoms with E-state index in [1.54, 1.807) is 6.07 Å². The quantitative estimate of drug-likeness (QED) is 0.463. The summed E-state index contributed by atoms with van der Waals surface area (Å²) >= 11 is 5.95. The molecule has 3 rings (SSSR count). The zero-order valence-electron chi connectivity index (χ0n) is 17.4. The highest BCUT2D eigenvalue weighted by atomic mass is 35.5. The van der Waals surface area contributed by atoms with Gasteiger partial charge >= 0.3 is 6.18 Å². The molecule has 0 radical (unpaired) electrons. The van der Waals surface area contributed by atoms with E-state index in [1.807, 2.05) is 36.4 Å². The van der Waals surface area contributed by atoms with E-state index in [2.05, 4.69) is 5.32 Å². The van der Waals surface area contributed by atoms with E-state index in [0.717, 1.165) is 29.2 Å². The van der Waals surface area contributed by atoms with Crippen LogP contribution in [-0.4, -0.2) is 40.3 Å². The van der Waals surface area contributed by atoms with Gasteiger partial charge < -0.3 is 10.1 Å². The van der Waals surface area contributed by atoms with E-state index in [0.29, 0.717) is 16.1 Å².